The molecule has 0 radical (unpaired) electrons. The summed E-state index contributed by atoms with van der Waals surface area (Å²) in [6.45, 7) is 1.64. The first-order valence-corrected chi connectivity index (χ1v) is 11.1. The molecule has 0 saturated carbocycles. The van der Waals surface area contributed by atoms with Crippen LogP contribution in [0.1, 0.15) is 25.7 Å². The standard InChI is InChI=1S/C21H26N2O4S/c24-21(12-7-17-27-19-8-3-1-4-9-19)23-15-13-18(14-16-23)22-28(25,26)20-10-5-2-6-11-20/h1-6,8-11,18,22H,7,12-17H2. The summed E-state index contributed by atoms with van der Waals surface area (Å²) in [6, 6.07) is 17.8. The van der Waals surface area contributed by atoms with Gasteiger partial charge in [0.15, 0.2) is 0 Å². The van der Waals surface area contributed by atoms with Gasteiger partial charge in [0.1, 0.15) is 5.75 Å². The quantitative estimate of drug-likeness (QED) is 0.689. The van der Waals surface area contributed by atoms with Crippen molar-refractivity contribution in [2.24, 2.45) is 0 Å². The Morgan fingerprint density at radius 3 is 2.25 bits per heavy atom. The number of carbonyl (C=O) groups is 1. The van der Waals surface area contributed by atoms with E-state index in [1.54, 1.807) is 30.3 Å². The van der Waals surface area contributed by atoms with Gasteiger partial charge in [-0.25, -0.2) is 13.1 Å². The minimum atomic E-state index is -3.51. The summed E-state index contributed by atoms with van der Waals surface area (Å²) in [5.41, 5.74) is 0. The molecule has 2 aromatic carbocycles. The van der Waals surface area contributed by atoms with Crippen LogP contribution in [0, 0.1) is 0 Å². The zero-order valence-corrected chi connectivity index (χ0v) is 16.6. The van der Waals surface area contributed by atoms with E-state index in [9.17, 15) is 13.2 Å². The maximum atomic E-state index is 12.4. The number of hydrogen-bond donors (Lipinski definition) is 1. The molecule has 1 N–H and O–H groups in total. The van der Waals surface area contributed by atoms with E-state index < -0.39 is 10.0 Å². The SMILES string of the molecule is O=C(CCCOc1ccccc1)N1CCC(NS(=O)(=O)c2ccccc2)CC1. The number of ether oxygens (including phenoxy) is 1. The molecule has 0 bridgehead atoms. The van der Waals surface area contributed by atoms with Crippen molar-refractivity contribution in [2.75, 3.05) is 19.7 Å². The Hall–Kier alpha value is -2.38. The average Bonchev–Trinajstić information content (AvgIpc) is 2.73. The Balaban J connectivity index is 1.38. The summed E-state index contributed by atoms with van der Waals surface area (Å²) in [6.07, 6.45) is 2.35. The molecule has 1 saturated heterocycles. The molecule has 1 aliphatic heterocycles. The largest absolute Gasteiger partial charge is 0.494 e. The molecule has 1 amide bonds. The van der Waals surface area contributed by atoms with Gasteiger partial charge in [-0.3, -0.25) is 4.79 Å². The molecule has 7 heteroatoms. The van der Waals surface area contributed by atoms with Crippen LogP contribution in [-0.4, -0.2) is 45.0 Å². The van der Waals surface area contributed by atoms with Gasteiger partial charge in [-0.1, -0.05) is 36.4 Å². The molecule has 1 aliphatic rings. The Morgan fingerprint density at radius 2 is 1.61 bits per heavy atom. The second-order valence-electron chi connectivity index (χ2n) is 6.85. The molecule has 1 heterocycles. The Morgan fingerprint density at radius 1 is 1.00 bits per heavy atom. The Bertz CT molecular complexity index is 848. The van der Waals surface area contributed by atoms with Crippen LogP contribution in [-0.2, 0) is 14.8 Å². The fraction of sp³-hybridized carbons (Fsp3) is 0.381. The van der Waals surface area contributed by atoms with Gasteiger partial charge >= 0.3 is 0 Å². The number of sulfonamides is 1. The number of piperidine rings is 1. The number of nitrogens with zero attached hydrogens (tertiary/aromatic N) is 1. The Kier molecular flexibility index (Phi) is 7.06. The van der Waals surface area contributed by atoms with E-state index in [-0.39, 0.29) is 16.8 Å². The van der Waals surface area contributed by atoms with E-state index in [1.165, 1.54) is 0 Å². The monoisotopic (exact) mass is 402 g/mol. The van der Waals surface area contributed by atoms with Crippen LogP contribution in [0.15, 0.2) is 65.6 Å². The van der Waals surface area contributed by atoms with E-state index in [0.717, 1.165) is 5.75 Å². The fourth-order valence-corrected chi connectivity index (χ4v) is 4.55. The van der Waals surface area contributed by atoms with Gasteiger partial charge in [-0.2, -0.15) is 0 Å². The highest BCUT2D eigenvalue weighted by Gasteiger charge is 2.26. The van der Waals surface area contributed by atoms with Crippen molar-refractivity contribution in [3.63, 3.8) is 0 Å². The summed E-state index contributed by atoms with van der Waals surface area (Å²) >= 11 is 0. The van der Waals surface area contributed by atoms with Crippen molar-refractivity contribution in [3.05, 3.63) is 60.7 Å². The third-order valence-corrected chi connectivity index (χ3v) is 6.31. The second kappa shape index (κ2) is 9.71. The van der Waals surface area contributed by atoms with Crippen LogP contribution in [0.4, 0.5) is 0 Å². The number of benzene rings is 2. The molecule has 6 nitrogen and oxygen atoms in total. The first-order chi connectivity index (χ1) is 13.5. The van der Waals surface area contributed by atoms with Crippen LogP contribution in [0.3, 0.4) is 0 Å². The maximum absolute atomic E-state index is 12.4. The number of nitrogens with one attached hydrogen (secondary N) is 1. The zero-order chi connectivity index (χ0) is 19.8. The summed E-state index contributed by atoms with van der Waals surface area (Å²) in [5.74, 6) is 0.905. The maximum Gasteiger partial charge on any atom is 0.240 e. The fourth-order valence-electron chi connectivity index (χ4n) is 3.22. The molecule has 150 valence electrons. The summed E-state index contributed by atoms with van der Waals surface area (Å²) < 4.78 is 33.2. The lowest BCUT2D eigenvalue weighted by molar-refractivity contribution is -0.132. The van der Waals surface area contributed by atoms with Crippen LogP contribution < -0.4 is 9.46 Å². The number of amides is 1. The number of hydrogen-bond acceptors (Lipinski definition) is 4. The smallest absolute Gasteiger partial charge is 0.240 e. The molecule has 0 atom stereocenters. The van der Waals surface area contributed by atoms with Gasteiger partial charge in [0.2, 0.25) is 15.9 Å². The summed E-state index contributed by atoms with van der Waals surface area (Å²) in [5, 5.41) is 0. The van der Waals surface area contributed by atoms with Crippen LogP contribution in [0.5, 0.6) is 5.75 Å². The van der Waals surface area contributed by atoms with Gasteiger partial charge in [0.25, 0.3) is 0 Å². The number of likely N-dealkylation sites (tertiary alicyclic amines) is 1. The van der Waals surface area contributed by atoms with Crippen molar-refractivity contribution in [1.82, 2.24) is 9.62 Å². The zero-order valence-electron chi connectivity index (χ0n) is 15.8. The summed E-state index contributed by atoms with van der Waals surface area (Å²) in [4.78, 5) is 14.4. The number of para-hydroxylation sites is 1. The molecular formula is C21H26N2O4S. The van der Waals surface area contributed by atoms with E-state index in [4.69, 9.17) is 4.74 Å². The van der Waals surface area contributed by atoms with Crippen LogP contribution in [0.2, 0.25) is 0 Å². The molecule has 28 heavy (non-hydrogen) atoms. The lowest BCUT2D eigenvalue weighted by Crippen LogP contribution is -2.46. The van der Waals surface area contributed by atoms with Crippen molar-refractivity contribution in [1.29, 1.82) is 0 Å². The van der Waals surface area contributed by atoms with Crippen molar-refractivity contribution >= 4 is 15.9 Å². The van der Waals surface area contributed by atoms with E-state index in [0.29, 0.717) is 45.4 Å². The predicted molar refractivity (Wildman–Crippen MR) is 108 cm³/mol. The first-order valence-electron chi connectivity index (χ1n) is 9.57. The van der Waals surface area contributed by atoms with E-state index in [1.807, 2.05) is 35.2 Å². The van der Waals surface area contributed by atoms with Gasteiger partial charge in [-0.05, 0) is 43.5 Å². The topological polar surface area (TPSA) is 75.7 Å². The third-order valence-electron chi connectivity index (χ3n) is 4.77. The van der Waals surface area contributed by atoms with E-state index in [2.05, 4.69) is 4.72 Å². The number of rotatable bonds is 8. The molecule has 3 rings (SSSR count). The van der Waals surface area contributed by atoms with Gasteiger partial charge in [0.05, 0.1) is 11.5 Å². The number of carbonyl (C=O) groups excluding carboxylic acids is 1. The van der Waals surface area contributed by atoms with Crippen molar-refractivity contribution in [2.45, 2.75) is 36.6 Å². The highest BCUT2D eigenvalue weighted by atomic mass is 32.2. The molecule has 0 aliphatic carbocycles. The summed E-state index contributed by atoms with van der Waals surface area (Å²) in [7, 11) is -3.51. The Labute approximate surface area is 166 Å². The molecular weight excluding hydrogens is 376 g/mol. The lowest BCUT2D eigenvalue weighted by atomic mass is 10.1. The molecule has 0 unspecified atom stereocenters. The average molecular weight is 403 g/mol. The van der Waals surface area contributed by atoms with Gasteiger partial charge in [-0.15, -0.1) is 0 Å². The minimum absolute atomic E-state index is 0.0982. The molecule has 1 fully saturated rings. The van der Waals surface area contributed by atoms with Crippen LogP contribution >= 0.6 is 0 Å². The van der Waals surface area contributed by atoms with Crippen molar-refractivity contribution < 1.29 is 17.9 Å². The van der Waals surface area contributed by atoms with Crippen LogP contribution in [0.25, 0.3) is 0 Å². The minimum Gasteiger partial charge on any atom is -0.494 e. The molecule has 0 aromatic heterocycles. The third kappa shape index (κ3) is 5.81. The molecule has 0 spiro atoms. The van der Waals surface area contributed by atoms with E-state index >= 15 is 0 Å². The van der Waals surface area contributed by atoms with Gasteiger partial charge in [0, 0.05) is 25.6 Å². The highest BCUT2D eigenvalue weighted by Crippen LogP contribution is 2.16. The molecule has 2 aromatic rings. The first kappa shape index (κ1) is 20.4. The lowest BCUT2D eigenvalue weighted by Gasteiger charge is -2.32. The highest BCUT2D eigenvalue weighted by molar-refractivity contribution is 7.89. The van der Waals surface area contributed by atoms with Crippen molar-refractivity contribution in [3.8, 4) is 5.75 Å². The van der Waals surface area contributed by atoms with Gasteiger partial charge < -0.3 is 9.64 Å². The predicted octanol–water partition coefficient (Wildman–Crippen LogP) is 2.82. The second-order valence-corrected chi connectivity index (χ2v) is 8.57. The normalized spacial score (nSPS) is 15.4.